The fourth-order valence-corrected chi connectivity index (χ4v) is 4.08. The number of fused-ring (bicyclic) bond motifs is 2. The molecule has 1 unspecified atom stereocenters. The van der Waals surface area contributed by atoms with Crippen LogP contribution in [0.3, 0.4) is 0 Å². The average Bonchev–Trinajstić information content (AvgIpc) is 3.07. The number of carbonyl (C=O) groups excluding carboxylic acids is 1. The normalized spacial score (nSPS) is 15.2. The number of rotatable bonds is 3. The Morgan fingerprint density at radius 2 is 1.69 bits per heavy atom. The summed E-state index contributed by atoms with van der Waals surface area (Å²) < 4.78 is 19.3. The highest BCUT2D eigenvalue weighted by molar-refractivity contribution is 6.31. The molecule has 32 heavy (non-hydrogen) atoms. The lowest BCUT2D eigenvalue weighted by Crippen LogP contribution is -2.29. The maximum atomic E-state index is 13.5. The molecule has 0 saturated carbocycles. The van der Waals surface area contributed by atoms with Crippen LogP contribution < -0.4 is 10.3 Å². The number of nitrogens with zero attached hydrogens (tertiary/aromatic N) is 2. The van der Waals surface area contributed by atoms with E-state index in [9.17, 15) is 24.1 Å². The van der Waals surface area contributed by atoms with E-state index in [4.69, 9.17) is 16.0 Å². The Labute approximate surface area is 184 Å². The SMILES string of the molecule is O=C1c2oc3ccc(Cl)cc3c(=O)c2C(c2ccc([N+](=O)[O-])cc2)N1c1ccc(F)cc1. The number of hydrogen-bond donors (Lipinski definition) is 0. The minimum Gasteiger partial charge on any atom is -0.450 e. The van der Waals surface area contributed by atoms with Gasteiger partial charge in [0.25, 0.3) is 11.6 Å². The third kappa shape index (κ3) is 3.04. The van der Waals surface area contributed by atoms with Crippen LogP contribution in [0.25, 0.3) is 11.0 Å². The third-order valence-corrected chi connectivity index (χ3v) is 5.59. The van der Waals surface area contributed by atoms with Gasteiger partial charge in [0.1, 0.15) is 11.4 Å². The second kappa shape index (κ2) is 7.28. The van der Waals surface area contributed by atoms with E-state index in [1.54, 1.807) is 6.07 Å². The fraction of sp³-hybridized carbons (Fsp3) is 0.0435. The molecule has 2 heterocycles. The molecule has 1 aliphatic rings. The molecule has 0 radical (unpaired) electrons. The standard InChI is InChI=1S/C23H12ClFN2O5/c24-13-3-10-18-17(11-13)21(28)19-20(12-1-6-16(7-2-12)27(30)31)26(23(29)22(19)32-18)15-8-4-14(25)5-9-15/h1-11,20H. The van der Waals surface area contributed by atoms with E-state index in [0.29, 0.717) is 16.3 Å². The Kier molecular flexibility index (Phi) is 4.53. The number of anilines is 1. The molecular formula is C23H12ClFN2O5. The van der Waals surface area contributed by atoms with Crippen molar-refractivity contribution in [2.45, 2.75) is 6.04 Å². The Balaban J connectivity index is 1.78. The van der Waals surface area contributed by atoms with Gasteiger partial charge in [-0.25, -0.2) is 4.39 Å². The summed E-state index contributed by atoms with van der Waals surface area (Å²) in [6.07, 6.45) is 0. The maximum absolute atomic E-state index is 13.5. The Hall–Kier alpha value is -4.04. The highest BCUT2D eigenvalue weighted by Crippen LogP contribution is 2.41. The third-order valence-electron chi connectivity index (χ3n) is 5.36. The lowest BCUT2D eigenvalue weighted by Gasteiger charge is -2.25. The highest BCUT2D eigenvalue weighted by atomic mass is 35.5. The quantitative estimate of drug-likeness (QED) is 0.314. The van der Waals surface area contributed by atoms with E-state index < -0.39 is 28.1 Å². The summed E-state index contributed by atoms with van der Waals surface area (Å²) >= 11 is 6.05. The Morgan fingerprint density at radius 3 is 2.34 bits per heavy atom. The molecule has 4 aromatic rings. The van der Waals surface area contributed by atoms with Crippen molar-refractivity contribution in [1.29, 1.82) is 0 Å². The van der Waals surface area contributed by atoms with E-state index in [1.807, 2.05) is 0 Å². The second-order valence-electron chi connectivity index (χ2n) is 7.22. The fourth-order valence-electron chi connectivity index (χ4n) is 3.91. The van der Waals surface area contributed by atoms with Crippen molar-refractivity contribution in [2.75, 3.05) is 4.90 Å². The van der Waals surface area contributed by atoms with E-state index in [-0.39, 0.29) is 28.0 Å². The van der Waals surface area contributed by atoms with Gasteiger partial charge in [-0.05, 0) is 60.2 Å². The molecule has 7 nitrogen and oxygen atoms in total. The van der Waals surface area contributed by atoms with Gasteiger partial charge in [0.2, 0.25) is 5.76 Å². The van der Waals surface area contributed by atoms with Crippen LogP contribution in [-0.2, 0) is 0 Å². The van der Waals surface area contributed by atoms with Gasteiger partial charge in [-0.1, -0.05) is 11.6 Å². The number of hydrogen-bond acceptors (Lipinski definition) is 5. The number of nitro benzene ring substituents is 1. The number of halogens is 2. The van der Waals surface area contributed by atoms with Gasteiger partial charge < -0.3 is 4.42 Å². The van der Waals surface area contributed by atoms with Crippen molar-refractivity contribution in [3.63, 3.8) is 0 Å². The zero-order chi connectivity index (χ0) is 22.6. The molecule has 1 amide bonds. The number of carbonyl (C=O) groups is 1. The number of nitro groups is 1. The first kappa shape index (κ1) is 19.9. The van der Waals surface area contributed by atoms with Gasteiger partial charge in [-0.2, -0.15) is 0 Å². The lowest BCUT2D eigenvalue weighted by molar-refractivity contribution is -0.384. The summed E-state index contributed by atoms with van der Waals surface area (Å²) in [6.45, 7) is 0. The molecule has 9 heteroatoms. The summed E-state index contributed by atoms with van der Waals surface area (Å²) in [5.74, 6) is -1.21. The van der Waals surface area contributed by atoms with Gasteiger partial charge in [-0.15, -0.1) is 0 Å². The van der Waals surface area contributed by atoms with Crippen LogP contribution in [0.4, 0.5) is 15.8 Å². The average molecular weight is 451 g/mol. The minimum absolute atomic E-state index is 0.0861. The first-order valence-corrected chi connectivity index (χ1v) is 9.82. The van der Waals surface area contributed by atoms with Crippen LogP contribution >= 0.6 is 11.6 Å². The molecule has 0 fully saturated rings. The number of amides is 1. The van der Waals surface area contributed by atoms with Crippen molar-refractivity contribution < 1.29 is 18.5 Å². The lowest BCUT2D eigenvalue weighted by atomic mass is 9.98. The molecule has 5 rings (SSSR count). The van der Waals surface area contributed by atoms with Crippen molar-refractivity contribution in [3.05, 3.63) is 115 Å². The molecule has 0 spiro atoms. The molecule has 0 saturated heterocycles. The van der Waals surface area contributed by atoms with E-state index in [0.717, 1.165) is 0 Å². The maximum Gasteiger partial charge on any atom is 0.295 e. The predicted molar refractivity (Wildman–Crippen MR) is 116 cm³/mol. The smallest absolute Gasteiger partial charge is 0.295 e. The van der Waals surface area contributed by atoms with Gasteiger partial charge in [0.05, 0.1) is 21.9 Å². The van der Waals surface area contributed by atoms with Crippen LogP contribution in [0, 0.1) is 15.9 Å². The van der Waals surface area contributed by atoms with Crippen LogP contribution in [0.15, 0.2) is 75.9 Å². The van der Waals surface area contributed by atoms with Gasteiger partial charge >= 0.3 is 0 Å². The van der Waals surface area contributed by atoms with Crippen LogP contribution in [-0.4, -0.2) is 10.8 Å². The molecule has 1 aliphatic heterocycles. The summed E-state index contributed by atoms with van der Waals surface area (Å²) in [4.78, 5) is 38.6. The van der Waals surface area contributed by atoms with E-state index in [2.05, 4.69) is 0 Å². The largest absolute Gasteiger partial charge is 0.450 e. The Morgan fingerprint density at radius 1 is 1.00 bits per heavy atom. The van der Waals surface area contributed by atoms with Crippen molar-refractivity contribution >= 4 is 39.9 Å². The molecule has 3 aromatic carbocycles. The predicted octanol–water partition coefficient (Wildman–Crippen LogP) is 5.24. The summed E-state index contributed by atoms with van der Waals surface area (Å²) in [5, 5.41) is 11.6. The monoisotopic (exact) mass is 450 g/mol. The van der Waals surface area contributed by atoms with Crippen LogP contribution in [0.1, 0.15) is 27.7 Å². The topological polar surface area (TPSA) is 93.7 Å². The molecule has 0 N–H and O–H groups in total. The summed E-state index contributed by atoms with van der Waals surface area (Å²) in [6, 6.07) is 14.3. The summed E-state index contributed by atoms with van der Waals surface area (Å²) in [7, 11) is 0. The molecule has 0 bridgehead atoms. The number of benzene rings is 3. The van der Waals surface area contributed by atoms with Crippen LogP contribution in [0.5, 0.6) is 0 Å². The summed E-state index contributed by atoms with van der Waals surface area (Å²) in [5.41, 5.74) is 0.514. The zero-order valence-electron chi connectivity index (χ0n) is 16.1. The van der Waals surface area contributed by atoms with Gasteiger partial charge in [-0.3, -0.25) is 24.6 Å². The van der Waals surface area contributed by atoms with Crippen molar-refractivity contribution in [1.82, 2.24) is 0 Å². The highest BCUT2D eigenvalue weighted by Gasteiger charge is 2.43. The molecule has 0 aliphatic carbocycles. The first-order valence-electron chi connectivity index (χ1n) is 9.45. The molecule has 1 aromatic heterocycles. The van der Waals surface area contributed by atoms with Crippen LogP contribution in [0.2, 0.25) is 5.02 Å². The van der Waals surface area contributed by atoms with Crippen molar-refractivity contribution in [2.24, 2.45) is 0 Å². The van der Waals surface area contributed by atoms with Crippen molar-refractivity contribution in [3.8, 4) is 0 Å². The Bertz CT molecular complexity index is 1470. The van der Waals surface area contributed by atoms with E-state index in [1.165, 1.54) is 65.6 Å². The second-order valence-corrected chi connectivity index (χ2v) is 7.65. The number of non-ortho nitro benzene ring substituents is 1. The molecular weight excluding hydrogens is 439 g/mol. The minimum atomic E-state index is -0.927. The van der Waals surface area contributed by atoms with Gasteiger partial charge in [0, 0.05) is 22.8 Å². The molecule has 1 atom stereocenters. The molecule has 158 valence electrons. The van der Waals surface area contributed by atoms with E-state index >= 15 is 0 Å². The first-order chi connectivity index (χ1) is 15.3. The zero-order valence-corrected chi connectivity index (χ0v) is 16.9. The van der Waals surface area contributed by atoms with Gasteiger partial charge in [0.15, 0.2) is 5.43 Å².